The van der Waals surface area contributed by atoms with Gasteiger partial charge in [0, 0.05) is 29.6 Å². The molecule has 0 atom stereocenters. The van der Waals surface area contributed by atoms with Crippen molar-refractivity contribution >= 4 is 47.8 Å². The zero-order valence-electron chi connectivity index (χ0n) is 24.4. The monoisotopic (exact) mass is 556 g/mol. The van der Waals surface area contributed by atoms with Crippen LogP contribution < -0.4 is 4.74 Å². The maximum absolute atomic E-state index is 12.7. The third kappa shape index (κ3) is 15.3. The molecule has 2 aromatic carbocycles. The number of phenols is 1. The molecule has 0 amide bonds. The van der Waals surface area contributed by atoms with Gasteiger partial charge in [-0.1, -0.05) is 47.8 Å². The number of aromatic hydroxyl groups is 1. The minimum Gasteiger partial charge on any atom is -0.508 e. The van der Waals surface area contributed by atoms with Crippen LogP contribution >= 0.6 is 47.8 Å². The second kappa shape index (κ2) is 16.8. The molecular weight excluding hydrogens is 526 g/mol. The fourth-order valence-corrected chi connectivity index (χ4v) is 1.61. The molecular formula is C18H21Br3F2O2. The van der Waals surface area contributed by atoms with Crippen LogP contribution in [0.15, 0.2) is 48.5 Å². The highest BCUT2D eigenvalue weighted by molar-refractivity contribution is 9.09. The van der Waals surface area contributed by atoms with Crippen LogP contribution in [0.2, 0.25) is 0 Å². The van der Waals surface area contributed by atoms with Gasteiger partial charge in [0.25, 0.3) is 0 Å². The summed E-state index contributed by atoms with van der Waals surface area (Å²) in [5.41, 5.74) is 0. The Kier molecular flexibility index (Phi) is 7.13. The Morgan fingerprint density at radius 2 is 1.24 bits per heavy atom. The molecule has 0 aliphatic heterocycles. The van der Waals surface area contributed by atoms with Crippen molar-refractivity contribution in [1.82, 2.24) is 0 Å². The molecule has 1 N–H and O–H groups in total. The van der Waals surface area contributed by atoms with Crippen molar-refractivity contribution < 1.29 is 35.1 Å². The molecule has 0 fully saturated rings. The molecule has 0 unspecified atom stereocenters. The first-order valence-electron chi connectivity index (χ1n) is 12.2. The van der Waals surface area contributed by atoms with Crippen LogP contribution in [-0.4, -0.2) is 27.5 Å². The molecule has 2 nitrogen and oxygen atoms in total. The molecule has 0 saturated heterocycles. The third-order valence-electron chi connectivity index (χ3n) is 2.00. The normalized spacial score (nSPS) is 19.9. The van der Waals surface area contributed by atoms with Crippen molar-refractivity contribution in [2.24, 2.45) is 0 Å². The van der Waals surface area contributed by atoms with Crippen molar-refractivity contribution in [3.8, 4) is 11.5 Å². The SMILES string of the molecule is Oc1ccc(F)cc1.[2H]C([2H])(Br)C([2H])([2H])C([2H])([2H])Br.[2H]C([2H])(Br)C([2H])([2H])C([2H])([2H])Oc1ccc(F)cc1. The van der Waals surface area contributed by atoms with Crippen LogP contribution in [0.4, 0.5) is 8.78 Å². The van der Waals surface area contributed by atoms with Crippen LogP contribution in [-0.2, 0) is 0 Å². The van der Waals surface area contributed by atoms with Crippen LogP contribution in [0.5, 0.6) is 11.5 Å². The predicted octanol–water partition coefficient (Wildman–Crippen LogP) is 6.69. The Morgan fingerprint density at radius 3 is 1.60 bits per heavy atom. The van der Waals surface area contributed by atoms with Crippen molar-refractivity contribution in [3.63, 3.8) is 0 Å². The van der Waals surface area contributed by atoms with E-state index in [9.17, 15) is 8.78 Å². The summed E-state index contributed by atoms with van der Waals surface area (Å²) >= 11 is 7.29. The fourth-order valence-electron chi connectivity index (χ4n) is 1.07. The molecule has 0 radical (unpaired) electrons. The molecule has 0 heterocycles. The van der Waals surface area contributed by atoms with E-state index in [2.05, 4.69) is 47.8 Å². The molecule has 0 aromatic heterocycles. The van der Waals surface area contributed by atoms with E-state index in [1.165, 1.54) is 24.3 Å². The average Bonchev–Trinajstić information content (AvgIpc) is 2.70. The molecule has 7 heteroatoms. The summed E-state index contributed by atoms with van der Waals surface area (Å²) in [7, 11) is 0. The maximum atomic E-state index is 12.7. The van der Waals surface area contributed by atoms with Gasteiger partial charge in [0.15, 0.2) is 0 Å². The topological polar surface area (TPSA) is 29.5 Å². The average molecular weight is 559 g/mol. The van der Waals surface area contributed by atoms with Crippen molar-refractivity contribution in [1.29, 1.82) is 0 Å². The first kappa shape index (κ1) is 10.6. The van der Waals surface area contributed by atoms with Gasteiger partial charge in [-0.15, -0.1) is 0 Å². The lowest BCUT2D eigenvalue weighted by Gasteiger charge is -2.03. The first-order chi connectivity index (χ1) is 16.3. The van der Waals surface area contributed by atoms with E-state index < -0.39 is 41.0 Å². The first-order valence-corrected chi connectivity index (χ1v) is 8.60. The van der Waals surface area contributed by atoms with Gasteiger partial charge in [0.2, 0.25) is 0 Å². The van der Waals surface area contributed by atoms with Crippen molar-refractivity contribution in [2.45, 2.75) is 12.7 Å². The number of phenolic OH excluding ortho intramolecular Hbond substituents is 1. The van der Waals surface area contributed by atoms with Crippen molar-refractivity contribution in [3.05, 3.63) is 60.2 Å². The second-order valence-electron chi connectivity index (χ2n) is 3.67. The van der Waals surface area contributed by atoms with Gasteiger partial charge in [-0.3, -0.25) is 0 Å². The Morgan fingerprint density at radius 1 is 0.800 bits per heavy atom. The van der Waals surface area contributed by atoms with Gasteiger partial charge >= 0.3 is 0 Å². The van der Waals surface area contributed by atoms with E-state index in [0.29, 0.717) is 0 Å². The smallest absolute Gasteiger partial charge is 0.123 e. The predicted molar refractivity (Wildman–Crippen MR) is 111 cm³/mol. The maximum Gasteiger partial charge on any atom is 0.123 e. The Labute approximate surface area is 189 Å². The number of hydrogen-bond donors (Lipinski definition) is 1. The highest BCUT2D eigenvalue weighted by atomic mass is 79.9. The number of halogens is 5. The highest BCUT2D eigenvalue weighted by Crippen LogP contribution is 2.11. The summed E-state index contributed by atoms with van der Waals surface area (Å²) in [5.74, 6) is -0.877. The van der Waals surface area contributed by atoms with Crippen LogP contribution in [0.1, 0.15) is 29.2 Å². The third-order valence-corrected chi connectivity index (χ3v) is 2.60. The van der Waals surface area contributed by atoms with Crippen LogP contribution in [0, 0.1) is 11.6 Å². The lowest BCUT2D eigenvalue weighted by molar-refractivity contribution is 0.318. The minimum absolute atomic E-state index is 0.0893. The largest absolute Gasteiger partial charge is 0.508 e. The van der Waals surface area contributed by atoms with Crippen LogP contribution in [0.25, 0.3) is 0 Å². The Hall–Kier alpha value is -0.660. The lowest BCUT2D eigenvalue weighted by Crippen LogP contribution is -1.97. The summed E-state index contributed by atoms with van der Waals surface area (Å²) in [4.78, 5) is 0. The van der Waals surface area contributed by atoms with E-state index in [0.717, 1.165) is 24.3 Å². The number of rotatable bonds is 6. The molecule has 2 aromatic rings. The molecule has 2 rings (SSSR count). The van der Waals surface area contributed by atoms with Gasteiger partial charge < -0.3 is 9.84 Å². The standard InChI is InChI=1S/C9H10BrFO.C6H5FO.C3H6Br2/c10-6-1-7-12-9-4-2-8(11)3-5-9;7-5-1-3-6(8)4-2-5;4-2-1-3-5/h2-5H,1,6-7H2;1-4,8H;1-3H2/i1D2,6D2,7D2;;1D2,2D2,3D2. The molecule has 140 valence electrons. The minimum atomic E-state index is -2.95. The second-order valence-corrected chi connectivity index (χ2v) is 4.86. The summed E-state index contributed by atoms with van der Waals surface area (Å²) < 4.78 is 116. The zero-order chi connectivity index (χ0) is 29.7. The summed E-state index contributed by atoms with van der Waals surface area (Å²) in [6.45, 7) is -2.93. The quantitative estimate of drug-likeness (QED) is 0.400. The Bertz CT molecular complexity index is 941. The fraction of sp³-hybridized carbons (Fsp3) is 0.333. The lowest BCUT2D eigenvalue weighted by atomic mass is 10.3. The number of hydrogen-bond acceptors (Lipinski definition) is 2. The summed E-state index contributed by atoms with van der Waals surface area (Å²) in [6, 6.07) is 9.34. The summed E-state index contributed by atoms with van der Waals surface area (Å²) in [6.07, 6.45) is -5.58. The molecule has 0 spiro atoms. The van der Waals surface area contributed by atoms with Gasteiger partial charge in [-0.2, -0.15) is 0 Å². The molecule has 0 aliphatic carbocycles. The van der Waals surface area contributed by atoms with Gasteiger partial charge in [0.1, 0.15) is 23.1 Å². The van der Waals surface area contributed by atoms with Crippen LogP contribution in [0.3, 0.4) is 0 Å². The Balaban J connectivity index is 0.000000579. The van der Waals surface area contributed by atoms with Gasteiger partial charge in [-0.05, 0) is 61.3 Å². The number of benzene rings is 2. The van der Waals surface area contributed by atoms with Gasteiger partial charge in [-0.25, -0.2) is 8.78 Å². The van der Waals surface area contributed by atoms with E-state index in [1.807, 2.05) is 0 Å². The van der Waals surface area contributed by atoms with E-state index >= 15 is 0 Å². The summed E-state index contributed by atoms with van der Waals surface area (Å²) in [5, 5.41) is 1.18. The zero-order valence-corrected chi connectivity index (χ0v) is 17.1. The number of alkyl halides is 3. The van der Waals surface area contributed by atoms with E-state index in [-0.39, 0.29) is 17.3 Å². The highest BCUT2D eigenvalue weighted by Gasteiger charge is 1.93. The van der Waals surface area contributed by atoms with E-state index in [4.69, 9.17) is 26.3 Å². The molecule has 25 heavy (non-hydrogen) atoms. The molecule has 0 saturated carbocycles. The van der Waals surface area contributed by atoms with E-state index in [1.54, 1.807) is 0 Å². The van der Waals surface area contributed by atoms with Crippen molar-refractivity contribution in [2.75, 3.05) is 22.4 Å². The molecule has 0 aliphatic rings. The number of ether oxygens (including phenoxy) is 1. The van der Waals surface area contributed by atoms with Gasteiger partial charge in [0.05, 0.1) is 9.30 Å². The molecule has 0 bridgehead atoms.